The van der Waals surface area contributed by atoms with Crippen LogP contribution in [0.5, 0.6) is 0 Å². The Morgan fingerprint density at radius 3 is 0.819 bits per heavy atom. The molecule has 0 aromatic rings. The number of carbonyl (C=O) groups is 2. The third-order valence-electron chi connectivity index (χ3n) is 18.3. The topological polar surface area (TPSA) is 95.9 Å². The number of carbonyl (C=O) groups excluding carboxylic acids is 2. The lowest BCUT2D eigenvalue weighted by Gasteiger charge is -2.20. The van der Waals surface area contributed by atoms with Gasteiger partial charge in [-0.25, -0.2) is 0 Å². The van der Waals surface area contributed by atoms with E-state index in [0.29, 0.717) is 19.4 Å². The lowest BCUT2D eigenvalue weighted by atomic mass is 10.0. The molecule has 0 radical (unpaired) electrons. The van der Waals surface area contributed by atoms with Crippen molar-refractivity contribution in [2.45, 2.75) is 456 Å². The third kappa shape index (κ3) is 69.6. The Labute approximate surface area is 520 Å². The molecule has 2 atom stereocenters. The Morgan fingerprint density at radius 1 is 0.325 bits per heavy atom. The van der Waals surface area contributed by atoms with Crippen molar-refractivity contribution < 1.29 is 24.5 Å². The highest BCUT2D eigenvalue weighted by Crippen LogP contribution is 2.20. The second kappa shape index (κ2) is 73.1. The van der Waals surface area contributed by atoms with Crippen molar-refractivity contribution >= 4 is 11.9 Å². The normalized spacial score (nSPS) is 12.5. The summed E-state index contributed by atoms with van der Waals surface area (Å²) in [6, 6.07) is -0.621. The van der Waals surface area contributed by atoms with E-state index in [-0.39, 0.29) is 18.5 Å². The number of aliphatic hydroxyl groups excluding tert-OH is 2. The maximum absolute atomic E-state index is 12.5. The molecule has 0 rings (SSSR count). The summed E-state index contributed by atoms with van der Waals surface area (Å²) in [7, 11) is 0. The van der Waals surface area contributed by atoms with E-state index in [4.69, 9.17) is 4.74 Å². The van der Waals surface area contributed by atoms with Crippen molar-refractivity contribution in [1.82, 2.24) is 5.32 Å². The molecule has 3 N–H and O–H groups in total. The Morgan fingerprint density at radius 2 is 0.554 bits per heavy atom. The van der Waals surface area contributed by atoms with Crippen LogP contribution in [-0.4, -0.2) is 47.4 Å². The van der Waals surface area contributed by atoms with Gasteiger partial charge >= 0.3 is 5.97 Å². The molecular weight excluding hydrogens is 1020 g/mol. The van der Waals surface area contributed by atoms with Crippen LogP contribution in [0, 0.1) is 0 Å². The zero-order chi connectivity index (χ0) is 59.9. The summed E-state index contributed by atoms with van der Waals surface area (Å²) in [6.45, 7) is 4.94. The van der Waals surface area contributed by atoms with E-state index in [2.05, 4.69) is 19.2 Å². The van der Waals surface area contributed by atoms with E-state index in [0.717, 1.165) is 38.5 Å². The van der Waals surface area contributed by atoms with Crippen molar-refractivity contribution in [1.29, 1.82) is 0 Å². The molecule has 0 fully saturated rings. The van der Waals surface area contributed by atoms with Crippen LogP contribution in [0.4, 0.5) is 0 Å². The summed E-state index contributed by atoms with van der Waals surface area (Å²) in [6.07, 6.45) is 92.0. The van der Waals surface area contributed by atoms with E-state index >= 15 is 0 Å². The molecule has 0 aliphatic rings. The number of esters is 1. The SMILES string of the molecule is CCCCCCCCCCCC/C=C/C(O)C(CO)NC(=O)CCCCCCCCCCCCCCCCCCCCCCCCCCCCCCCCCCCCCCCCCOC(=O)CCCCCCCCCCCCCCCCC. The molecule has 0 heterocycles. The fraction of sp³-hybridized carbons (Fsp3) is 0.948. The number of allylic oxidation sites excluding steroid dienone is 1. The van der Waals surface area contributed by atoms with Gasteiger partial charge in [0.05, 0.1) is 25.4 Å². The van der Waals surface area contributed by atoms with Gasteiger partial charge in [-0.15, -0.1) is 0 Å². The molecule has 0 aromatic carbocycles. The monoisotopic (exact) mass is 1170 g/mol. The summed E-state index contributed by atoms with van der Waals surface area (Å²) in [4.78, 5) is 24.5. The number of aliphatic hydroxyl groups is 2. The fourth-order valence-corrected chi connectivity index (χ4v) is 12.5. The first-order valence-electron chi connectivity index (χ1n) is 38.5. The van der Waals surface area contributed by atoms with E-state index in [1.165, 1.54) is 379 Å². The van der Waals surface area contributed by atoms with E-state index < -0.39 is 12.1 Å². The maximum atomic E-state index is 12.5. The van der Waals surface area contributed by atoms with E-state index in [9.17, 15) is 19.8 Å². The fourth-order valence-electron chi connectivity index (χ4n) is 12.5. The zero-order valence-electron chi connectivity index (χ0n) is 56.7. The third-order valence-corrected chi connectivity index (χ3v) is 18.3. The Hall–Kier alpha value is -1.40. The molecule has 6 heteroatoms. The number of nitrogens with one attached hydrogen (secondary N) is 1. The number of hydrogen-bond donors (Lipinski definition) is 3. The van der Waals surface area contributed by atoms with Gasteiger partial charge in [0.15, 0.2) is 0 Å². The summed E-state index contributed by atoms with van der Waals surface area (Å²) in [5.41, 5.74) is 0. The zero-order valence-corrected chi connectivity index (χ0v) is 56.7. The largest absolute Gasteiger partial charge is 0.466 e. The lowest BCUT2D eigenvalue weighted by molar-refractivity contribution is -0.143. The van der Waals surface area contributed by atoms with Gasteiger partial charge in [0.1, 0.15) is 0 Å². The molecule has 83 heavy (non-hydrogen) atoms. The van der Waals surface area contributed by atoms with Crippen LogP contribution in [-0.2, 0) is 14.3 Å². The van der Waals surface area contributed by atoms with E-state index in [1.807, 2.05) is 6.08 Å². The van der Waals surface area contributed by atoms with Crippen LogP contribution in [0.3, 0.4) is 0 Å². The predicted octanol–water partition coefficient (Wildman–Crippen LogP) is 25.1. The van der Waals surface area contributed by atoms with Crippen LogP contribution in [0.2, 0.25) is 0 Å². The van der Waals surface area contributed by atoms with Gasteiger partial charge in [-0.05, 0) is 32.1 Å². The minimum Gasteiger partial charge on any atom is -0.466 e. The Bertz CT molecular complexity index is 1260. The highest BCUT2D eigenvalue weighted by Gasteiger charge is 2.18. The molecule has 1 amide bonds. The highest BCUT2D eigenvalue weighted by atomic mass is 16.5. The summed E-state index contributed by atoms with van der Waals surface area (Å²) in [5, 5.41) is 23.1. The first kappa shape index (κ1) is 81.6. The molecule has 2 unspecified atom stereocenters. The van der Waals surface area contributed by atoms with Gasteiger partial charge in [0.25, 0.3) is 0 Å². The van der Waals surface area contributed by atoms with Crippen LogP contribution in [0.1, 0.15) is 444 Å². The molecule has 0 spiro atoms. The van der Waals surface area contributed by atoms with Gasteiger partial charge in [0.2, 0.25) is 5.91 Å². The number of unbranched alkanes of at least 4 members (excludes halogenated alkanes) is 62. The van der Waals surface area contributed by atoms with Crippen LogP contribution in [0.25, 0.3) is 0 Å². The number of rotatable bonds is 73. The van der Waals surface area contributed by atoms with Gasteiger partial charge in [-0.2, -0.15) is 0 Å². The Kier molecular flexibility index (Phi) is 71.8. The molecule has 0 aliphatic heterocycles. The minimum atomic E-state index is -0.838. The first-order valence-corrected chi connectivity index (χ1v) is 38.5. The van der Waals surface area contributed by atoms with Gasteiger partial charge in [0, 0.05) is 12.8 Å². The maximum Gasteiger partial charge on any atom is 0.305 e. The lowest BCUT2D eigenvalue weighted by Crippen LogP contribution is -2.45. The predicted molar refractivity (Wildman–Crippen MR) is 366 cm³/mol. The molecule has 0 aliphatic carbocycles. The second-order valence-electron chi connectivity index (χ2n) is 26.7. The highest BCUT2D eigenvalue weighted by molar-refractivity contribution is 5.76. The van der Waals surface area contributed by atoms with Crippen LogP contribution < -0.4 is 5.32 Å². The summed E-state index contributed by atoms with van der Waals surface area (Å²) < 4.78 is 5.51. The number of ether oxygens (including phenoxy) is 1. The number of amides is 1. The van der Waals surface area contributed by atoms with Crippen LogP contribution in [0.15, 0.2) is 12.2 Å². The molecular formula is C77H151NO5. The quantitative estimate of drug-likeness (QED) is 0.0320. The number of hydrogen-bond acceptors (Lipinski definition) is 5. The Balaban J connectivity index is 3.27. The van der Waals surface area contributed by atoms with Crippen molar-refractivity contribution in [2.75, 3.05) is 13.2 Å². The molecule has 0 saturated carbocycles. The second-order valence-corrected chi connectivity index (χ2v) is 26.7. The standard InChI is InChI=1S/C77H151NO5/c1-3-5-7-9-11-13-15-17-43-47-51-55-59-63-67-71-77(82)83-72-68-64-60-56-52-48-45-42-40-38-36-34-32-30-28-26-24-22-20-18-19-21-23-25-27-29-31-33-35-37-39-41-44-46-50-54-58-62-66-70-76(81)78-74(73-79)75(80)69-65-61-57-53-49-16-14-12-10-8-6-4-2/h65,69,74-75,79-80H,3-64,66-68,70-73H2,1-2H3,(H,78,81)/b69-65+. The van der Waals surface area contributed by atoms with Gasteiger partial charge in [-0.3, -0.25) is 9.59 Å². The summed E-state index contributed by atoms with van der Waals surface area (Å²) >= 11 is 0. The molecule has 0 bridgehead atoms. The van der Waals surface area contributed by atoms with Crippen molar-refractivity contribution in [3.63, 3.8) is 0 Å². The van der Waals surface area contributed by atoms with E-state index in [1.54, 1.807) is 6.08 Å². The average molecular weight is 1170 g/mol. The molecule has 6 nitrogen and oxygen atoms in total. The van der Waals surface area contributed by atoms with Gasteiger partial charge < -0.3 is 20.3 Å². The minimum absolute atomic E-state index is 0.0277. The molecule has 494 valence electrons. The average Bonchev–Trinajstić information content (AvgIpc) is 3.49. The summed E-state index contributed by atoms with van der Waals surface area (Å²) in [5.74, 6) is -0.0323. The van der Waals surface area contributed by atoms with Crippen LogP contribution >= 0.6 is 0 Å². The first-order chi connectivity index (χ1) is 41.0. The van der Waals surface area contributed by atoms with Gasteiger partial charge in [-0.1, -0.05) is 411 Å². The van der Waals surface area contributed by atoms with Crippen molar-refractivity contribution in [2.24, 2.45) is 0 Å². The molecule has 0 saturated heterocycles. The van der Waals surface area contributed by atoms with Crippen molar-refractivity contribution in [3.05, 3.63) is 12.2 Å². The molecule has 0 aromatic heterocycles. The van der Waals surface area contributed by atoms with Crippen molar-refractivity contribution in [3.8, 4) is 0 Å². The smallest absolute Gasteiger partial charge is 0.305 e.